The van der Waals surface area contributed by atoms with Crippen LogP contribution >= 0.6 is 11.6 Å². The predicted molar refractivity (Wildman–Crippen MR) is 134 cm³/mol. The number of nitrogens with zero attached hydrogens (tertiary/aromatic N) is 1. The van der Waals surface area contributed by atoms with Gasteiger partial charge >= 0.3 is 12.0 Å². The normalized spacial score (nSPS) is 14.6. The lowest BCUT2D eigenvalue weighted by molar-refractivity contribution is -0.122. The van der Waals surface area contributed by atoms with Gasteiger partial charge in [0.05, 0.1) is 17.9 Å². The second-order valence-electron chi connectivity index (χ2n) is 7.71. The maximum Gasteiger partial charge on any atom is 0.338 e. The smallest absolute Gasteiger partial charge is 0.338 e. The number of urea groups is 1. The summed E-state index contributed by atoms with van der Waals surface area (Å²) in [6.45, 7) is 2.26. The molecule has 0 atom stereocenters. The van der Waals surface area contributed by atoms with E-state index in [2.05, 4.69) is 5.32 Å². The molecule has 3 aromatic rings. The van der Waals surface area contributed by atoms with E-state index >= 15 is 0 Å². The first-order chi connectivity index (χ1) is 17.4. The first-order valence-electron chi connectivity index (χ1n) is 11.0. The standard InChI is InChI=1S/C27H21ClN2O6/c1-2-35-26(33)19-7-11-21(12-8-19)30-25(32)23(24(31)29-27(30)34)15-17-5-13-22(14-6-17)36-16-18-3-9-20(28)10-4-18/h3-15H,2,16H2,1H3,(H,29,31,34)/b23-15+. The van der Waals surface area contributed by atoms with Gasteiger partial charge in [-0.3, -0.25) is 14.9 Å². The van der Waals surface area contributed by atoms with Crippen LogP contribution < -0.4 is 15.0 Å². The second kappa shape index (κ2) is 10.9. The topological polar surface area (TPSA) is 102 Å². The fourth-order valence-corrected chi connectivity index (χ4v) is 3.55. The van der Waals surface area contributed by atoms with Crippen LogP contribution in [0, 0.1) is 0 Å². The highest BCUT2D eigenvalue weighted by Gasteiger charge is 2.36. The van der Waals surface area contributed by atoms with Gasteiger partial charge in [-0.2, -0.15) is 0 Å². The second-order valence-corrected chi connectivity index (χ2v) is 8.15. The first-order valence-corrected chi connectivity index (χ1v) is 11.4. The summed E-state index contributed by atoms with van der Waals surface area (Å²) in [5.74, 6) is -1.50. The van der Waals surface area contributed by atoms with E-state index in [4.69, 9.17) is 21.1 Å². The zero-order chi connectivity index (χ0) is 25.7. The summed E-state index contributed by atoms with van der Waals surface area (Å²) in [4.78, 5) is 50.6. The van der Waals surface area contributed by atoms with Gasteiger partial charge in [-0.25, -0.2) is 14.5 Å². The van der Waals surface area contributed by atoms with Crippen molar-refractivity contribution < 1.29 is 28.7 Å². The third kappa shape index (κ3) is 5.61. The maximum atomic E-state index is 13.1. The molecule has 9 heteroatoms. The Bertz CT molecular complexity index is 1330. The molecule has 0 aliphatic carbocycles. The van der Waals surface area contributed by atoms with E-state index in [0.29, 0.717) is 22.9 Å². The summed E-state index contributed by atoms with van der Waals surface area (Å²) in [6, 6.07) is 19.0. The molecule has 182 valence electrons. The molecule has 4 rings (SSSR count). The molecule has 1 aliphatic heterocycles. The lowest BCUT2D eigenvalue weighted by Gasteiger charge is -2.26. The van der Waals surface area contributed by atoms with Gasteiger partial charge in [0.15, 0.2) is 0 Å². The number of hydrogen-bond acceptors (Lipinski definition) is 6. The van der Waals surface area contributed by atoms with Crippen molar-refractivity contribution >= 4 is 47.2 Å². The highest BCUT2D eigenvalue weighted by molar-refractivity contribution is 6.39. The molecule has 36 heavy (non-hydrogen) atoms. The summed E-state index contributed by atoms with van der Waals surface area (Å²) in [5.41, 5.74) is 1.79. The Morgan fingerprint density at radius 2 is 1.61 bits per heavy atom. The molecule has 0 bridgehead atoms. The summed E-state index contributed by atoms with van der Waals surface area (Å²) in [6.07, 6.45) is 1.40. The minimum Gasteiger partial charge on any atom is -0.489 e. The van der Waals surface area contributed by atoms with Crippen LogP contribution in [0.1, 0.15) is 28.4 Å². The number of barbiturate groups is 1. The number of amides is 4. The Morgan fingerprint density at radius 1 is 0.944 bits per heavy atom. The van der Waals surface area contributed by atoms with Crippen molar-refractivity contribution in [1.82, 2.24) is 5.32 Å². The van der Waals surface area contributed by atoms with E-state index in [1.807, 2.05) is 12.1 Å². The minimum absolute atomic E-state index is 0.204. The van der Waals surface area contributed by atoms with Crippen LogP contribution in [0.2, 0.25) is 5.02 Å². The highest BCUT2D eigenvalue weighted by atomic mass is 35.5. The molecule has 1 saturated heterocycles. The average molecular weight is 505 g/mol. The highest BCUT2D eigenvalue weighted by Crippen LogP contribution is 2.23. The molecule has 0 spiro atoms. The van der Waals surface area contributed by atoms with Crippen LogP contribution in [0.15, 0.2) is 78.4 Å². The Hall–Kier alpha value is -4.43. The molecule has 0 aromatic heterocycles. The molecule has 1 heterocycles. The van der Waals surface area contributed by atoms with Crippen LogP contribution in [0.4, 0.5) is 10.5 Å². The first kappa shape index (κ1) is 24.7. The van der Waals surface area contributed by atoms with Gasteiger partial charge in [0.2, 0.25) is 0 Å². The fraction of sp³-hybridized carbons (Fsp3) is 0.111. The fourth-order valence-electron chi connectivity index (χ4n) is 3.43. The van der Waals surface area contributed by atoms with Crippen LogP contribution in [0.3, 0.4) is 0 Å². The number of esters is 1. The molecular weight excluding hydrogens is 484 g/mol. The summed E-state index contributed by atoms with van der Waals surface area (Å²) in [7, 11) is 0. The van der Waals surface area contributed by atoms with Gasteiger partial charge in [-0.05, 0) is 72.7 Å². The van der Waals surface area contributed by atoms with E-state index in [0.717, 1.165) is 10.5 Å². The number of benzene rings is 3. The lowest BCUT2D eigenvalue weighted by atomic mass is 10.1. The van der Waals surface area contributed by atoms with Gasteiger partial charge in [-0.15, -0.1) is 0 Å². The Kier molecular flexibility index (Phi) is 7.46. The van der Waals surface area contributed by atoms with Crippen molar-refractivity contribution in [2.45, 2.75) is 13.5 Å². The van der Waals surface area contributed by atoms with Gasteiger partial charge in [0.25, 0.3) is 11.8 Å². The molecule has 0 radical (unpaired) electrons. The summed E-state index contributed by atoms with van der Waals surface area (Å²) in [5, 5.41) is 2.82. The minimum atomic E-state index is -0.878. The Morgan fingerprint density at radius 3 is 2.25 bits per heavy atom. The molecule has 0 unspecified atom stereocenters. The number of anilines is 1. The van der Waals surface area contributed by atoms with Crippen LogP contribution in [-0.4, -0.2) is 30.4 Å². The SMILES string of the molecule is CCOC(=O)c1ccc(N2C(=O)NC(=O)/C(=C\c3ccc(OCc4ccc(Cl)cc4)cc3)C2=O)cc1. The number of imide groups is 2. The van der Waals surface area contributed by atoms with Crippen LogP contribution in [0.5, 0.6) is 5.75 Å². The van der Waals surface area contributed by atoms with E-state index < -0.39 is 23.8 Å². The molecule has 1 N–H and O–H groups in total. The molecular formula is C27H21ClN2O6. The van der Waals surface area contributed by atoms with Crippen LogP contribution in [0.25, 0.3) is 6.08 Å². The molecule has 8 nitrogen and oxygen atoms in total. The number of nitrogens with one attached hydrogen (secondary N) is 1. The molecule has 4 amide bonds. The lowest BCUT2D eigenvalue weighted by Crippen LogP contribution is -2.54. The van der Waals surface area contributed by atoms with Crippen molar-refractivity contribution in [2.75, 3.05) is 11.5 Å². The van der Waals surface area contributed by atoms with E-state index in [9.17, 15) is 19.2 Å². The zero-order valence-corrected chi connectivity index (χ0v) is 20.0. The van der Waals surface area contributed by atoms with Crippen molar-refractivity contribution in [2.24, 2.45) is 0 Å². The molecule has 3 aromatic carbocycles. The quantitative estimate of drug-likeness (QED) is 0.283. The number of carbonyl (C=O) groups is 4. The maximum absolute atomic E-state index is 13.1. The zero-order valence-electron chi connectivity index (χ0n) is 19.2. The van der Waals surface area contributed by atoms with Crippen molar-refractivity contribution in [1.29, 1.82) is 0 Å². The average Bonchev–Trinajstić information content (AvgIpc) is 2.87. The van der Waals surface area contributed by atoms with Gasteiger partial charge in [0.1, 0.15) is 17.9 Å². The number of halogens is 1. The third-order valence-electron chi connectivity index (χ3n) is 5.25. The Balaban J connectivity index is 1.49. The molecule has 1 fully saturated rings. The monoisotopic (exact) mass is 504 g/mol. The molecule has 0 saturated carbocycles. The van der Waals surface area contributed by atoms with Gasteiger partial charge in [0, 0.05) is 5.02 Å². The Labute approximate surface area is 212 Å². The predicted octanol–water partition coefficient (Wildman–Crippen LogP) is 4.76. The number of ether oxygens (including phenoxy) is 2. The van der Waals surface area contributed by atoms with E-state index in [1.165, 1.54) is 30.3 Å². The van der Waals surface area contributed by atoms with Crippen LogP contribution in [-0.2, 0) is 20.9 Å². The summed E-state index contributed by atoms with van der Waals surface area (Å²) < 4.78 is 10.7. The van der Waals surface area contributed by atoms with E-state index in [-0.39, 0.29) is 23.4 Å². The van der Waals surface area contributed by atoms with E-state index in [1.54, 1.807) is 43.3 Å². The van der Waals surface area contributed by atoms with Crippen molar-refractivity contribution in [3.05, 3.63) is 100 Å². The molecule has 1 aliphatic rings. The number of rotatable bonds is 7. The van der Waals surface area contributed by atoms with Crippen molar-refractivity contribution in [3.8, 4) is 5.75 Å². The van der Waals surface area contributed by atoms with Gasteiger partial charge < -0.3 is 9.47 Å². The largest absolute Gasteiger partial charge is 0.489 e. The third-order valence-corrected chi connectivity index (χ3v) is 5.50. The number of hydrogen-bond donors (Lipinski definition) is 1. The number of carbonyl (C=O) groups excluding carboxylic acids is 4. The van der Waals surface area contributed by atoms with Gasteiger partial charge in [-0.1, -0.05) is 35.9 Å². The van der Waals surface area contributed by atoms with Crippen molar-refractivity contribution in [3.63, 3.8) is 0 Å². The summed E-state index contributed by atoms with van der Waals surface area (Å²) >= 11 is 5.89.